The molecule has 3 N–H and O–H groups in total. The third kappa shape index (κ3) is 4.39. The van der Waals surface area contributed by atoms with Crippen molar-refractivity contribution in [3.05, 3.63) is 18.1 Å². The van der Waals surface area contributed by atoms with Crippen LogP contribution in [0, 0.1) is 0 Å². The number of alkyl halides is 3. The Balaban J connectivity index is 2.47. The number of hydrogen-bond acceptors (Lipinski definition) is 4. The Morgan fingerprint density at radius 1 is 1.38 bits per heavy atom. The maximum Gasteiger partial charge on any atom is 0.390 e. The van der Waals surface area contributed by atoms with Crippen LogP contribution in [0.5, 0.6) is 0 Å². The molecule has 0 saturated heterocycles. The first-order valence-electron chi connectivity index (χ1n) is 4.31. The summed E-state index contributed by atoms with van der Waals surface area (Å²) in [4.78, 5) is 7.72. The van der Waals surface area contributed by atoms with Gasteiger partial charge in [-0.05, 0) is 0 Å². The second-order valence-corrected chi connectivity index (χ2v) is 3.38. The van der Waals surface area contributed by atoms with E-state index in [0.717, 1.165) is 0 Å². The normalized spacial score (nSPS) is 11.2. The van der Waals surface area contributed by atoms with Crippen LogP contribution >= 0.6 is 12.2 Å². The van der Waals surface area contributed by atoms with E-state index in [9.17, 15) is 13.2 Å². The lowest BCUT2D eigenvalue weighted by Gasteiger charge is -2.07. The van der Waals surface area contributed by atoms with Gasteiger partial charge in [-0.1, -0.05) is 12.2 Å². The summed E-state index contributed by atoms with van der Waals surface area (Å²) < 4.78 is 35.5. The van der Waals surface area contributed by atoms with Crippen LogP contribution in [-0.2, 0) is 0 Å². The average molecular weight is 250 g/mol. The molecule has 1 heterocycles. The summed E-state index contributed by atoms with van der Waals surface area (Å²) in [6, 6.07) is 0. The molecule has 0 spiro atoms. The van der Waals surface area contributed by atoms with Crippen LogP contribution in [0.2, 0.25) is 0 Å². The Morgan fingerprint density at radius 3 is 2.50 bits per heavy atom. The number of aromatic nitrogens is 2. The van der Waals surface area contributed by atoms with E-state index in [4.69, 9.17) is 5.73 Å². The van der Waals surface area contributed by atoms with E-state index in [-0.39, 0.29) is 17.4 Å². The van der Waals surface area contributed by atoms with E-state index in [1.165, 1.54) is 12.4 Å². The van der Waals surface area contributed by atoms with Gasteiger partial charge in [0.05, 0.1) is 18.8 Å². The minimum atomic E-state index is -4.18. The van der Waals surface area contributed by atoms with Gasteiger partial charge in [0.2, 0.25) is 0 Å². The fraction of sp³-hybridized carbons (Fsp3) is 0.375. The van der Waals surface area contributed by atoms with Crippen molar-refractivity contribution in [3.63, 3.8) is 0 Å². The number of rotatable bonds is 4. The standard InChI is InChI=1S/C8H9F3N4S/c9-8(10,11)1-2-13-6-4-14-5(3-15-6)7(12)16/h3-4H,1-2H2,(H2,12,16)(H,13,15). The van der Waals surface area contributed by atoms with Crippen molar-refractivity contribution < 1.29 is 13.2 Å². The molecule has 88 valence electrons. The lowest BCUT2D eigenvalue weighted by atomic mass is 10.4. The van der Waals surface area contributed by atoms with E-state index < -0.39 is 12.6 Å². The quantitative estimate of drug-likeness (QED) is 0.792. The molecule has 0 atom stereocenters. The average Bonchev–Trinajstić information content (AvgIpc) is 2.16. The molecule has 0 radical (unpaired) electrons. The summed E-state index contributed by atoms with van der Waals surface area (Å²) in [7, 11) is 0. The zero-order valence-electron chi connectivity index (χ0n) is 8.08. The number of halogens is 3. The van der Waals surface area contributed by atoms with Gasteiger partial charge in [-0.2, -0.15) is 13.2 Å². The van der Waals surface area contributed by atoms with Gasteiger partial charge in [0, 0.05) is 6.54 Å². The van der Waals surface area contributed by atoms with Crippen LogP contribution in [0.25, 0.3) is 0 Å². The number of nitrogens with one attached hydrogen (secondary N) is 1. The molecular weight excluding hydrogens is 241 g/mol. The van der Waals surface area contributed by atoms with Gasteiger partial charge in [-0.25, -0.2) is 9.97 Å². The van der Waals surface area contributed by atoms with Crippen molar-refractivity contribution >= 4 is 23.0 Å². The van der Waals surface area contributed by atoms with E-state index in [1.54, 1.807) is 0 Å². The summed E-state index contributed by atoms with van der Waals surface area (Å²) >= 11 is 4.65. The van der Waals surface area contributed by atoms with Crippen molar-refractivity contribution in [3.8, 4) is 0 Å². The van der Waals surface area contributed by atoms with E-state index in [0.29, 0.717) is 5.69 Å². The zero-order valence-corrected chi connectivity index (χ0v) is 8.90. The maximum atomic E-state index is 11.8. The van der Waals surface area contributed by atoms with Crippen molar-refractivity contribution in [1.82, 2.24) is 9.97 Å². The maximum absolute atomic E-state index is 11.8. The third-order valence-electron chi connectivity index (χ3n) is 1.62. The van der Waals surface area contributed by atoms with Gasteiger partial charge in [0.25, 0.3) is 0 Å². The Hall–Kier alpha value is -1.44. The number of thiocarbonyl (C=S) groups is 1. The van der Waals surface area contributed by atoms with Crippen molar-refractivity contribution in [2.24, 2.45) is 5.73 Å². The lowest BCUT2D eigenvalue weighted by molar-refractivity contribution is -0.131. The van der Waals surface area contributed by atoms with Gasteiger partial charge in [-0.15, -0.1) is 0 Å². The van der Waals surface area contributed by atoms with Crippen LogP contribution in [0.3, 0.4) is 0 Å². The van der Waals surface area contributed by atoms with Crippen LogP contribution in [-0.4, -0.2) is 27.7 Å². The molecule has 0 saturated carbocycles. The first-order valence-corrected chi connectivity index (χ1v) is 4.72. The number of hydrogen-bond donors (Lipinski definition) is 2. The van der Waals surface area contributed by atoms with Gasteiger partial charge in [0.1, 0.15) is 16.5 Å². The highest BCUT2D eigenvalue weighted by Crippen LogP contribution is 2.18. The SMILES string of the molecule is NC(=S)c1cnc(NCCC(F)(F)F)cn1. The van der Waals surface area contributed by atoms with Gasteiger partial charge in [0.15, 0.2) is 0 Å². The first-order chi connectivity index (χ1) is 7.38. The smallest absolute Gasteiger partial charge is 0.388 e. The van der Waals surface area contributed by atoms with Crippen LogP contribution < -0.4 is 11.1 Å². The Labute approximate surface area is 95.1 Å². The fourth-order valence-corrected chi connectivity index (χ4v) is 0.984. The van der Waals surface area contributed by atoms with E-state index in [1.807, 2.05) is 0 Å². The minimum Gasteiger partial charge on any atom is -0.388 e. The van der Waals surface area contributed by atoms with Gasteiger partial charge >= 0.3 is 6.18 Å². The fourth-order valence-electron chi connectivity index (χ4n) is 0.879. The monoisotopic (exact) mass is 250 g/mol. The first kappa shape index (κ1) is 12.6. The highest BCUT2D eigenvalue weighted by atomic mass is 32.1. The highest BCUT2D eigenvalue weighted by Gasteiger charge is 2.26. The summed E-state index contributed by atoms with van der Waals surface area (Å²) in [5.41, 5.74) is 5.61. The molecule has 16 heavy (non-hydrogen) atoms. The Morgan fingerprint density at radius 2 is 2.06 bits per heavy atom. The number of nitrogens with zero attached hydrogens (tertiary/aromatic N) is 2. The molecular formula is C8H9F3N4S. The molecule has 0 aliphatic heterocycles. The summed E-state index contributed by atoms with van der Waals surface area (Å²) in [6.07, 6.45) is -2.52. The zero-order chi connectivity index (χ0) is 12.2. The largest absolute Gasteiger partial charge is 0.390 e. The summed E-state index contributed by atoms with van der Waals surface area (Å²) in [6.45, 7) is -0.245. The molecule has 0 aromatic carbocycles. The van der Waals surface area contributed by atoms with E-state index in [2.05, 4.69) is 27.5 Å². The molecule has 0 amide bonds. The molecule has 1 rings (SSSR count). The molecule has 0 bridgehead atoms. The van der Waals surface area contributed by atoms with Crippen LogP contribution in [0.15, 0.2) is 12.4 Å². The second-order valence-electron chi connectivity index (χ2n) is 2.94. The molecule has 0 fully saturated rings. The lowest BCUT2D eigenvalue weighted by Crippen LogP contribution is -2.16. The molecule has 4 nitrogen and oxygen atoms in total. The number of anilines is 1. The Bertz CT molecular complexity index is 363. The van der Waals surface area contributed by atoms with Crippen molar-refractivity contribution in [2.45, 2.75) is 12.6 Å². The summed E-state index contributed by atoms with van der Waals surface area (Å²) in [5.74, 6) is 0.254. The van der Waals surface area contributed by atoms with E-state index >= 15 is 0 Å². The van der Waals surface area contributed by atoms with Gasteiger partial charge in [-0.3, -0.25) is 0 Å². The molecule has 0 unspecified atom stereocenters. The second kappa shape index (κ2) is 5.06. The molecule has 8 heteroatoms. The molecule has 1 aromatic rings. The van der Waals surface area contributed by atoms with Crippen molar-refractivity contribution in [1.29, 1.82) is 0 Å². The predicted octanol–water partition coefficient (Wildman–Crippen LogP) is 1.48. The minimum absolute atomic E-state index is 0.0920. The van der Waals surface area contributed by atoms with Crippen molar-refractivity contribution in [2.75, 3.05) is 11.9 Å². The summed E-state index contributed by atoms with van der Waals surface area (Å²) in [5, 5.41) is 2.49. The number of nitrogens with two attached hydrogens (primary N) is 1. The van der Waals surface area contributed by atoms with Crippen LogP contribution in [0.4, 0.5) is 19.0 Å². The molecule has 1 aromatic heterocycles. The third-order valence-corrected chi connectivity index (χ3v) is 1.83. The van der Waals surface area contributed by atoms with Crippen LogP contribution in [0.1, 0.15) is 12.1 Å². The topological polar surface area (TPSA) is 63.8 Å². The molecule has 0 aliphatic rings. The van der Waals surface area contributed by atoms with Gasteiger partial charge < -0.3 is 11.1 Å². The predicted molar refractivity (Wildman–Crippen MR) is 57.1 cm³/mol. The molecule has 0 aliphatic carbocycles. The Kier molecular flexibility index (Phi) is 3.99. The highest BCUT2D eigenvalue weighted by molar-refractivity contribution is 7.80.